The number of likely N-dealkylation sites (tertiary alicyclic amines) is 1. The van der Waals surface area contributed by atoms with Gasteiger partial charge < -0.3 is 24.3 Å². The van der Waals surface area contributed by atoms with Gasteiger partial charge in [0, 0.05) is 55.9 Å². The van der Waals surface area contributed by atoms with Crippen LogP contribution < -0.4 is 14.5 Å². The Bertz CT molecular complexity index is 1460. The molecule has 1 aromatic carbocycles. The van der Waals surface area contributed by atoms with Gasteiger partial charge in [-0.3, -0.25) is 4.79 Å². The molecule has 6 rings (SSSR count). The van der Waals surface area contributed by atoms with Crippen molar-refractivity contribution in [3.63, 3.8) is 0 Å². The van der Waals surface area contributed by atoms with Crippen molar-refractivity contribution in [3.05, 3.63) is 53.2 Å². The molecule has 0 radical (unpaired) electrons. The van der Waals surface area contributed by atoms with E-state index in [0.29, 0.717) is 49.9 Å². The fourth-order valence-corrected chi connectivity index (χ4v) is 7.32. The lowest BCUT2D eigenvalue weighted by Crippen LogP contribution is -2.55. The molecule has 4 aliphatic rings. The van der Waals surface area contributed by atoms with Gasteiger partial charge in [0.1, 0.15) is 12.4 Å². The van der Waals surface area contributed by atoms with Crippen molar-refractivity contribution in [2.75, 3.05) is 56.2 Å². The monoisotopic (exact) mass is 580 g/mol. The van der Waals surface area contributed by atoms with Crippen molar-refractivity contribution in [3.8, 4) is 18.1 Å². The van der Waals surface area contributed by atoms with Gasteiger partial charge in [0.2, 0.25) is 5.91 Å². The first kappa shape index (κ1) is 28.9. The van der Waals surface area contributed by atoms with Gasteiger partial charge in [-0.15, -0.1) is 0 Å². The van der Waals surface area contributed by atoms with Gasteiger partial charge in [0.15, 0.2) is 0 Å². The predicted molar refractivity (Wildman–Crippen MR) is 164 cm³/mol. The van der Waals surface area contributed by atoms with Crippen LogP contribution in [-0.2, 0) is 24.1 Å². The van der Waals surface area contributed by atoms with Crippen LogP contribution in [0.4, 0.5) is 11.5 Å². The first-order chi connectivity index (χ1) is 21.0. The largest absolute Gasteiger partial charge is 0.462 e. The number of ether oxygens (including phenoxy) is 1. The molecule has 4 heterocycles. The fraction of sp³-hybridized carbons (Fsp3) is 0.545. The summed E-state index contributed by atoms with van der Waals surface area (Å²) in [6.07, 6.45) is 8.54. The molecular weight excluding hydrogens is 540 g/mol. The maximum absolute atomic E-state index is 12.5. The SMILES string of the molecule is C=CC(=O)N1CCN(c2nc(OCC3CCCN3C)nc3c2CCC(N2CCCc4cc(C#N)ccc42)C3)CC1CC#N. The number of aromatic nitrogens is 2. The van der Waals surface area contributed by atoms with E-state index in [1.807, 2.05) is 12.1 Å². The normalized spacial score (nSPS) is 23.6. The highest BCUT2D eigenvalue weighted by Gasteiger charge is 2.35. The lowest BCUT2D eigenvalue weighted by Gasteiger charge is -2.43. The van der Waals surface area contributed by atoms with Crippen LogP contribution in [0.25, 0.3) is 0 Å². The van der Waals surface area contributed by atoms with Crippen molar-refractivity contribution in [1.29, 1.82) is 10.5 Å². The standard InChI is InChI=1S/C33H40N8O2/c1-3-31(42)41-17-16-39(21-26(41)12-13-34)32-28-10-9-25(40-15-4-6-24-18-23(20-35)8-11-30(24)40)19-29(28)36-33(37-32)43-22-27-7-5-14-38(27)2/h3,8,11,18,25-27H,1,4-7,9-10,12,14-17,19,21-22H2,2H3. The van der Waals surface area contributed by atoms with Gasteiger partial charge >= 0.3 is 6.01 Å². The maximum Gasteiger partial charge on any atom is 0.318 e. The maximum atomic E-state index is 12.5. The number of hydrogen-bond acceptors (Lipinski definition) is 9. The Morgan fingerprint density at radius 1 is 1.12 bits per heavy atom. The van der Waals surface area contributed by atoms with Gasteiger partial charge in [-0.25, -0.2) is 0 Å². The Morgan fingerprint density at radius 3 is 2.77 bits per heavy atom. The van der Waals surface area contributed by atoms with Crippen LogP contribution in [0.1, 0.15) is 54.5 Å². The molecule has 2 aromatic rings. The average molecular weight is 581 g/mol. The molecule has 0 bridgehead atoms. The van der Waals surface area contributed by atoms with E-state index in [0.717, 1.165) is 68.7 Å². The Hall–Kier alpha value is -4.15. The number of aryl methyl sites for hydroxylation is 1. The smallest absolute Gasteiger partial charge is 0.318 e. The van der Waals surface area contributed by atoms with Crippen LogP contribution in [0.2, 0.25) is 0 Å². The van der Waals surface area contributed by atoms with Crippen LogP contribution in [0.15, 0.2) is 30.9 Å². The Balaban J connectivity index is 1.30. The van der Waals surface area contributed by atoms with E-state index in [-0.39, 0.29) is 18.4 Å². The second-order valence-corrected chi connectivity index (χ2v) is 12.2. The quantitative estimate of drug-likeness (QED) is 0.456. The Labute approximate surface area is 254 Å². The van der Waals surface area contributed by atoms with E-state index < -0.39 is 0 Å². The van der Waals surface area contributed by atoms with E-state index in [1.54, 1.807) is 4.90 Å². The number of nitriles is 2. The summed E-state index contributed by atoms with van der Waals surface area (Å²) >= 11 is 0. The molecule has 10 nitrogen and oxygen atoms in total. The predicted octanol–water partition coefficient (Wildman–Crippen LogP) is 3.25. The van der Waals surface area contributed by atoms with Crippen molar-refractivity contribution < 1.29 is 9.53 Å². The zero-order chi connectivity index (χ0) is 29.9. The van der Waals surface area contributed by atoms with Crippen molar-refractivity contribution in [2.24, 2.45) is 0 Å². The number of piperazine rings is 1. The molecule has 3 atom stereocenters. The molecule has 0 saturated carbocycles. The summed E-state index contributed by atoms with van der Waals surface area (Å²) in [4.78, 5) is 31.4. The number of carbonyl (C=O) groups is 1. The van der Waals surface area contributed by atoms with E-state index >= 15 is 0 Å². The minimum absolute atomic E-state index is 0.138. The molecule has 0 spiro atoms. The Kier molecular flexibility index (Phi) is 8.49. The van der Waals surface area contributed by atoms with Crippen LogP contribution in [-0.4, -0.2) is 90.2 Å². The lowest BCUT2D eigenvalue weighted by atomic mass is 9.88. The second kappa shape index (κ2) is 12.6. The number of anilines is 2. The third-order valence-electron chi connectivity index (χ3n) is 9.65. The van der Waals surface area contributed by atoms with Crippen LogP contribution in [0.5, 0.6) is 6.01 Å². The van der Waals surface area contributed by atoms with Crippen molar-refractivity contribution >= 4 is 17.4 Å². The van der Waals surface area contributed by atoms with Crippen molar-refractivity contribution in [1.82, 2.24) is 19.8 Å². The molecule has 3 unspecified atom stereocenters. The van der Waals surface area contributed by atoms with Gasteiger partial charge in [-0.2, -0.15) is 20.5 Å². The highest BCUT2D eigenvalue weighted by atomic mass is 16.5. The van der Waals surface area contributed by atoms with Gasteiger partial charge in [-0.05, 0) is 82.0 Å². The first-order valence-corrected chi connectivity index (χ1v) is 15.6. The second-order valence-electron chi connectivity index (χ2n) is 12.2. The van der Waals surface area contributed by atoms with E-state index in [1.165, 1.54) is 23.7 Å². The molecule has 3 aliphatic heterocycles. The molecule has 224 valence electrons. The third kappa shape index (κ3) is 5.89. The zero-order valence-electron chi connectivity index (χ0n) is 25.0. The van der Waals surface area contributed by atoms with Crippen molar-refractivity contribution in [2.45, 2.75) is 69.5 Å². The van der Waals surface area contributed by atoms with E-state index in [9.17, 15) is 15.3 Å². The van der Waals surface area contributed by atoms with E-state index in [4.69, 9.17) is 14.7 Å². The highest BCUT2D eigenvalue weighted by Crippen LogP contribution is 2.37. The molecule has 1 aromatic heterocycles. The third-order valence-corrected chi connectivity index (χ3v) is 9.65. The number of hydrogen-bond donors (Lipinski definition) is 0. The summed E-state index contributed by atoms with van der Waals surface area (Å²) in [6.45, 7) is 7.95. The molecule has 0 N–H and O–H groups in total. The molecule has 10 heteroatoms. The molecule has 1 aliphatic carbocycles. The first-order valence-electron chi connectivity index (χ1n) is 15.6. The number of fused-ring (bicyclic) bond motifs is 2. The van der Waals surface area contributed by atoms with Crippen LogP contribution >= 0.6 is 0 Å². The summed E-state index contributed by atoms with van der Waals surface area (Å²) in [5.41, 5.74) is 5.37. The van der Waals surface area contributed by atoms with Crippen LogP contribution in [0.3, 0.4) is 0 Å². The van der Waals surface area contributed by atoms with Gasteiger partial charge in [-0.1, -0.05) is 6.58 Å². The minimum Gasteiger partial charge on any atom is -0.462 e. The molecule has 1 amide bonds. The number of benzene rings is 1. The summed E-state index contributed by atoms with van der Waals surface area (Å²) in [6, 6.07) is 11.5. The molecule has 2 fully saturated rings. The molecular formula is C33H40N8O2. The van der Waals surface area contributed by atoms with E-state index in [2.05, 4.69) is 46.5 Å². The Morgan fingerprint density at radius 2 is 2.00 bits per heavy atom. The summed E-state index contributed by atoms with van der Waals surface area (Å²) in [5.74, 6) is 0.741. The average Bonchev–Trinajstić information content (AvgIpc) is 3.46. The number of rotatable bonds is 7. The number of amides is 1. The minimum atomic E-state index is -0.231. The zero-order valence-corrected chi connectivity index (χ0v) is 25.0. The lowest BCUT2D eigenvalue weighted by molar-refractivity contribution is -0.128. The molecule has 2 saturated heterocycles. The number of carbonyl (C=O) groups excluding carboxylic acids is 1. The molecule has 43 heavy (non-hydrogen) atoms. The fourth-order valence-electron chi connectivity index (χ4n) is 7.32. The summed E-state index contributed by atoms with van der Waals surface area (Å²) in [5, 5.41) is 18.9. The number of nitrogens with zero attached hydrogens (tertiary/aromatic N) is 8. The summed E-state index contributed by atoms with van der Waals surface area (Å²) < 4.78 is 6.31. The van der Waals surface area contributed by atoms with Gasteiger partial charge in [0.05, 0.1) is 35.9 Å². The summed E-state index contributed by atoms with van der Waals surface area (Å²) in [7, 11) is 2.14. The van der Waals surface area contributed by atoms with Gasteiger partial charge in [0.25, 0.3) is 0 Å². The van der Waals surface area contributed by atoms with Crippen LogP contribution in [0, 0.1) is 22.7 Å². The highest BCUT2D eigenvalue weighted by molar-refractivity contribution is 5.87. The topological polar surface area (TPSA) is 113 Å². The number of likely N-dealkylation sites (N-methyl/N-ethyl adjacent to an activating group) is 1.